The number of ether oxygens (including phenoxy) is 1. The van der Waals surface area contributed by atoms with E-state index in [9.17, 15) is 22.8 Å². The monoisotopic (exact) mass is 536 g/mol. The molecule has 0 bridgehead atoms. The minimum atomic E-state index is -3.44. The normalized spacial score (nSPS) is 19.0. The molecule has 1 atom stereocenters. The number of piperidine rings is 1. The lowest BCUT2D eigenvalue weighted by atomic mass is 10.0. The minimum absolute atomic E-state index is 0.0787. The summed E-state index contributed by atoms with van der Waals surface area (Å²) in [6.45, 7) is 7.53. The van der Waals surface area contributed by atoms with Crippen molar-refractivity contribution in [3.05, 3.63) is 41.0 Å². The van der Waals surface area contributed by atoms with Crippen LogP contribution in [0.2, 0.25) is 25.7 Å². The maximum Gasteiger partial charge on any atom is 0.264 e. The molecule has 198 valence electrons. The molecule has 0 radical (unpaired) electrons. The van der Waals surface area contributed by atoms with Crippen LogP contribution in [0.3, 0.4) is 0 Å². The molecule has 0 spiro atoms. The van der Waals surface area contributed by atoms with Crippen LogP contribution in [0.25, 0.3) is 6.08 Å². The quantitative estimate of drug-likeness (QED) is 0.175. The molecule has 9 nitrogen and oxygen atoms in total. The van der Waals surface area contributed by atoms with E-state index in [0.717, 1.165) is 28.3 Å². The first-order chi connectivity index (χ1) is 16.9. The van der Waals surface area contributed by atoms with Gasteiger partial charge in [-0.25, -0.2) is 0 Å². The van der Waals surface area contributed by atoms with Gasteiger partial charge in [-0.1, -0.05) is 43.9 Å². The van der Waals surface area contributed by atoms with Gasteiger partial charge in [0.05, 0.1) is 12.9 Å². The first kappa shape index (κ1) is 28.2. The molecule has 0 aromatic heterocycles. The Balaban J connectivity index is 1.63. The van der Waals surface area contributed by atoms with Gasteiger partial charge in [0.2, 0.25) is 5.91 Å². The zero-order valence-corrected chi connectivity index (χ0v) is 23.3. The molecule has 1 unspecified atom stereocenters. The molecule has 1 fully saturated rings. The standard InChI is InChI=1S/C25H36N2O7SSi/c1-35(31,32)34-14-7-5-6-9-19-10-8-11-20-21(19)17-26(24(20)29)22-12-13-23(28)27(25(22)30)18-33-15-16-36(2,3)4/h6,8-11,22H,5,7,12-18H2,1-4H3/b9-6+. The van der Waals surface area contributed by atoms with Crippen LogP contribution < -0.4 is 0 Å². The van der Waals surface area contributed by atoms with E-state index in [1.165, 1.54) is 0 Å². The Bertz CT molecular complexity index is 1130. The molecular formula is C25H36N2O7SSi. The molecule has 1 saturated heterocycles. The third-order valence-corrected chi connectivity index (χ3v) is 8.52. The van der Waals surface area contributed by atoms with E-state index in [4.69, 9.17) is 8.92 Å². The molecule has 3 rings (SSSR count). The second kappa shape index (κ2) is 11.8. The van der Waals surface area contributed by atoms with Crippen LogP contribution in [0.5, 0.6) is 0 Å². The van der Waals surface area contributed by atoms with Crippen molar-refractivity contribution in [3.8, 4) is 0 Å². The van der Waals surface area contributed by atoms with Crippen molar-refractivity contribution in [3.63, 3.8) is 0 Å². The Morgan fingerprint density at radius 1 is 1.14 bits per heavy atom. The number of carbonyl (C=O) groups is 3. The van der Waals surface area contributed by atoms with Gasteiger partial charge >= 0.3 is 0 Å². The fourth-order valence-electron chi connectivity index (χ4n) is 4.19. The summed E-state index contributed by atoms with van der Waals surface area (Å²) in [5.74, 6) is -0.866. The molecule has 1 aromatic rings. The van der Waals surface area contributed by atoms with Crippen molar-refractivity contribution >= 4 is 42.0 Å². The smallest absolute Gasteiger partial charge is 0.264 e. The van der Waals surface area contributed by atoms with Crippen molar-refractivity contribution in [2.45, 2.75) is 64.0 Å². The SMILES string of the molecule is C[Si](C)(C)CCOCN1C(=O)CCC(N2Cc3c(/C=C/CCCOS(C)(=O)=O)cccc3C2=O)C1=O. The number of likely N-dealkylation sites (tertiary alicyclic amines) is 1. The lowest BCUT2D eigenvalue weighted by Gasteiger charge is -2.35. The molecule has 2 heterocycles. The first-order valence-electron chi connectivity index (χ1n) is 12.2. The van der Waals surface area contributed by atoms with Crippen molar-refractivity contribution in [1.82, 2.24) is 9.80 Å². The summed E-state index contributed by atoms with van der Waals surface area (Å²) in [7, 11) is -4.73. The highest BCUT2D eigenvalue weighted by atomic mass is 32.2. The third-order valence-electron chi connectivity index (χ3n) is 6.22. The molecular weight excluding hydrogens is 500 g/mol. The topological polar surface area (TPSA) is 110 Å². The van der Waals surface area contributed by atoms with Gasteiger partial charge in [-0.15, -0.1) is 0 Å². The van der Waals surface area contributed by atoms with Crippen molar-refractivity contribution < 1.29 is 31.7 Å². The number of amides is 3. The summed E-state index contributed by atoms with van der Waals surface area (Å²) < 4.78 is 32.5. The van der Waals surface area contributed by atoms with Gasteiger partial charge in [-0.3, -0.25) is 23.5 Å². The van der Waals surface area contributed by atoms with Crippen LogP contribution in [0.4, 0.5) is 0 Å². The number of allylic oxidation sites excluding steroid dienone is 1. The number of rotatable bonds is 12. The highest BCUT2D eigenvalue weighted by Gasteiger charge is 2.43. The first-order valence-corrected chi connectivity index (χ1v) is 17.8. The predicted octanol–water partition coefficient (Wildman–Crippen LogP) is 3.24. The largest absolute Gasteiger partial charge is 0.361 e. The number of imide groups is 1. The molecule has 2 aliphatic heterocycles. The zero-order valence-electron chi connectivity index (χ0n) is 21.5. The van der Waals surface area contributed by atoms with Gasteiger partial charge in [0, 0.05) is 33.2 Å². The van der Waals surface area contributed by atoms with Crippen molar-refractivity contribution in [2.24, 2.45) is 0 Å². The summed E-state index contributed by atoms with van der Waals surface area (Å²) >= 11 is 0. The van der Waals surface area contributed by atoms with E-state index < -0.39 is 24.2 Å². The van der Waals surface area contributed by atoms with Gasteiger partial charge in [0.15, 0.2) is 0 Å². The van der Waals surface area contributed by atoms with Crippen LogP contribution >= 0.6 is 0 Å². The summed E-state index contributed by atoms with van der Waals surface area (Å²) in [5, 5.41) is 0. The van der Waals surface area contributed by atoms with Gasteiger partial charge in [0.25, 0.3) is 21.9 Å². The molecule has 11 heteroatoms. The molecule has 0 N–H and O–H groups in total. The summed E-state index contributed by atoms with van der Waals surface area (Å²) in [5.41, 5.74) is 2.27. The number of hydrogen-bond acceptors (Lipinski definition) is 7. The number of hydrogen-bond donors (Lipinski definition) is 0. The van der Waals surface area contributed by atoms with Gasteiger partial charge in [-0.05, 0) is 42.5 Å². The molecule has 0 saturated carbocycles. The molecule has 1 aromatic carbocycles. The molecule has 36 heavy (non-hydrogen) atoms. The average molecular weight is 537 g/mol. The summed E-state index contributed by atoms with van der Waals surface area (Å²) in [6.07, 6.45) is 6.49. The van der Waals surface area contributed by atoms with E-state index in [1.54, 1.807) is 17.0 Å². The lowest BCUT2D eigenvalue weighted by Crippen LogP contribution is -2.55. The minimum Gasteiger partial charge on any atom is -0.361 e. The Morgan fingerprint density at radius 2 is 1.89 bits per heavy atom. The second-order valence-electron chi connectivity index (χ2n) is 10.4. The van der Waals surface area contributed by atoms with Gasteiger partial charge in [-0.2, -0.15) is 8.42 Å². The number of fused-ring (bicyclic) bond motifs is 1. The summed E-state index contributed by atoms with van der Waals surface area (Å²) in [6, 6.07) is 5.70. The Kier molecular flexibility index (Phi) is 9.26. The Morgan fingerprint density at radius 3 is 2.58 bits per heavy atom. The number of unbranched alkanes of at least 4 members (excludes halogenated alkanes) is 1. The van der Waals surface area contributed by atoms with E-state index >= 15 is 0 Å². The van der Waals surface area contributed by atoms with Gasteiger partial charge < -0.3 is 9.64 Å². The molecule has 3 amide bonds. The van der Waals surface area contributed by atoms with E-state index in [1.807, 2.05) is 18.2 Å². The number of nitrogens with zero attached hydrogens (tertiary/aromatic N) is 2. The van der Waals surface area contributed by atoms with E-state index in [-0.39, 0.29) is 37.5 Å². The molecule has 2 aliphatic rings. The van der Waals surface area contributed by atoms with E-state index in [0.29, 0.717) is 38.0 Å². The zero-order chi connectivity index (χ0) is 26.5. The van der Waals surface area contributed by atoms with Crippen LogP contribution in [-0.4, -0.2) is 76.3 Å². The fraction of sp³-hybridized carbons (Fsp3) is 0.560. The molecule has 0 aliphatic carbocycles. The predicted molar refractivity (Wildman–Crippen MR) is 139 cm³/mol. The van der Waals surface area contributed by atoms with Crippen LogP contribution in [0.1, 0.15) is 47.2 Å². The van der Waals surface area contributed by atoms with Crippen molar-refractivity contribution in [2.75, 3.05) is 26.2 Å². The highest BCUT2D eigenvalue weighted by Crippen LogP contribution is 2.31. The average Bonchev–Trinajstić information content (AvgIpc) is 3.11. The number of benzene rings is 1. The van der Waals surface area contributed by atoms with Crippen molar-refractivity contribution in [1.29, 1.82) is 0 Å². The summed E-state index contributed by atoms with van der Waals surface area (Å²) in [4.78, 5) is 41.6. The highest BCUT2D eigenvalue weighted by molar-refractivity contribution is 7.85. The second-order valence-corrected chi connectivity index (χ2v) is 17.7. The maximum absolute atomic E-state index is 13.2. The fourth-order valence-corrected chi connectivity index (χ4v) is 5.37. The van der Waals surface area contributed by atoms with Crippen LogP contribution in [0, 0.1) is 0 Å². The Hall–Kier alpha value is -2.34. The lowest BCUT2D eigenvalue weighted by molar-refractivity contribution is -0.158. The Labute approximate surface area is 214 Å². The number of carbonyl (C=O) groups excluding carboxylic acids is 3. The van der Waals surface area contributed by atoms with E-state index in [2.05, 4.69) is 19.6 Å². The van der Waals surface area contributed by atoms with Gasteiger partial charge in [0.1, 0.15) is 12.8 Å². The van der Waals surface area contributed by atoms with Crippen LogP contribution in [0.15, 0.2) is 24.3 Å². The third kappa shape index (κ3) is 7.58. The maximum atomic E-state index is 13.2. The van der Waals surface area contributed by atoms with Crippen LogP contribution in [-0.2, 0) is 35.2 Å².